The molecule has 1 fully saturated rings. The largest absolute Gasteiger partial charge is 0.504 e. The molecule has 246 valence electrons. The van der Waals surface area contributed by atoms with Crippen LogP contribution in [0.4, 0.5) is 5.13 Å². The molecule has 2 aliphatic rings. The van der Waals surface area contributed by atoms with Gasteiger partial charge >= 0.3 is 11.9 Å². The van der Waals surface area contributed by atoms with Gasteiger partial charge in [0.05, 0.1) is 5.39 Å². The number of aromatic nitrogens is 2. The number of thiophene rings is 1. The highest BCUT2D eigenvalue weighted by Gasteiger charge is 2.54. The number of nitrogens with one attached hydrogen (secondary N) is 1. The summed E-state index contributed by atoms with van der Waals surface area (Å²) < 4.78 is 2.03. The lowest BCUT2D eigenvalue weighted by molar-refractivity contribution is -0.658. The smallest absolute Gasteiger partial charge is 0.352 e. The summed E-state index contributed by atoms with van der Waals surface area (Å²) in [6.45, 7) is 0.483. The number of benzene rings is 1. The summed E-state index contributed by atoms with van der Waals surface area (Å²) in [5, 5.41) is 49.3. The molecule has 4 aromatic rings. The number of nitrogen functional groups attached to an aromatic ring is 1. The van der Waals surface area contributed by atoms with Crippen molar-refractivity contribution in [3.63, 3.8) is 0 Å². The van der Waals surface area contributed by atoms with Crippen molar-refractivity contribution < 1.29 is 49.0 Å². The fraction of sp³-hybridized carbons (Fsp3) is 0.167. The molecule has 0 aliphatic carbocycles. The molecular weight excluding hydrogens is 685 g/mol. The second-order valence-corrected chi connectivity index (χ2v) is 13.3. The fourth-order valence-corrected chi connectivity index (χ4v) is 7.83. The number of thiazole rings is 1. The van der Waals surface area contributed by atoms with Gasteiger partial charge in [-0.05, 0) is 41.3 Å². The Hall–Kier alpha value is -5.46. The number of allylic oxidation sites excluding steroid dienone is 2. The van der Waals surface area contributed by atoms with E-state index in [-0.39, 0.29) is 27.8 Å². The van der Waals surface area contributed by atoms with E-state index in [9.17, 15) is 39.6 Å². The Morgan fingerprint density at radius 1 is 1.19 bits per heavy atom. The molecule has 2 amide bonds. The predicted octanol–water partition coefficient (Wildman–Crippen LogP) is 2.18. The number of amides is 2. The predicted molar refractivity (Wildman–Crippen MR) is 175 cm³/mol. The number of hydrogen-bond acceptors (Lipinski definition) is 13. The van der Waals surface area contributed by atoms with Crippen LogP contribution in [0, 0.1) is 0 Å². The number of fused-ring (bicyclic) bond motifs is 2. The highest BCUT2D eigenvalue weighted by atomic mass is 32.2. The van der Waals surface area contributed by atoms with Gasteiger partial charge in [0.2, 0.25) is 6.10 Å². The number of oxime groups is 1. The number of β-lactam (4-membered cyclic amide) rings is 1. The first-order valence-corrected chi connectivity index (χ1v) is 16.8. The summed E-state index contributed by atoms with van der Waals surface area (Å²) in [5.74, 6) is -5.27. The number of carboxylic acids is 2. The van der Waals surface area contributed by atoms with Crippen molar-refractivity contribution in [1.82, 2.24) is 15.2 Å². The first-order valence-electron chi connectivity index (χ1n) is 14.0. The van der Waals surface area contributed by atoms with Crippen LogP contribution >= 0.6 is 34.4 Å². The molecule has 0 spiro atoms. The lowest BCUT2D eigenvalue weighted by atomic mass is 10.0. The molecule has 5 heterocycles. The van der Waals surface area contributed by atoms with Gasteiger partial charge in [-0.15, -0.1) is 23.1 Å². The van der Waals surface area contributed by atoms with Gasteiger partial charge in [-0.3, -0.25) is 14.5 Å². The normalized spacial score (nSPS) is 18.5. The zero-order valence-electron chi connectivity index (χ0n) is 24.4. The number of phenols is 2. The van der Waals surface area contributed by atoms with Gasteiger partial charge in [-0.1, -0.05) is 28.6 Å². The maximum Gasteiger partial charge on any atom is 0.352 e. The number of rotatable bonds is 11. The van der Waals surface area contributed by atoms with E-state index in [1.807, 2.05) is 40.4 Å². The number of hydrogen-bond donors (Lipinski definition) is 6. The van der Waals surface area contributed by atoms with Gasteiger partial charge in [0, 0.05) is 22.8 Å². The molecule has 3 atom stereocenters. The second-order valence-electron chi connectivity index (χ2n) is 10.4. The number of phenolic OH excluding ortho intramolecular Hbond substituents is 2. The van der Waals surface area contributed by atoms with Crippen molar-refractivity contribution in [3.8, 4) is 11.5 Å². The van der Waals surface area contributed by atoms with Gasteiger partial charge in [-0.25, -0.2) is 14.6 Å². The minimum atomic E-state index is -1.81. The van der Waals surface area contributed by atoms with E-state index in [0.717, 1.165) is 38.6 Å². The summed E-state index contributed by atoms with van der Waals surface area (Å²) in [6.07, 6.45) is 3.63. The Balaban J connectivity index is 1.20. The van der Waals surface area contributed by atoms with Crippen LogP contribution in [0.1, 0.15) is 17.4 Å². The minimum absolute atomic E-state index is 0.0673. The van der Waals surface area contributed by atoms with Gasteiger partial charge in [0.25, 0.3) is 16.6 Å². The third kappa shape index (κ3) is 6.27. The van der Waals surface area contributed by atoms with Crippen molar-refractivity contribution in [2.75, 3.05) is 11.5 Å². The highest BCUT2D eigenvalue weighted by molar-refractivity contribution is 8.00. The third-order valence-corrected chi connectivity index (χ3v) is 10.3. The quantitative estimate of drug-likeness (QED) is 0.0433. The summed E-state index contributed by atoms with van der Waals surface area (Å²) >= 11 is 3.83. The zero-order valence-corrected chi connectivity index (χ0v) is 26.9. The molecule has 1 aromatic carbocycles. The topological polar surface area (TPSA) is 229 Å². The van der Waals surface area contributed by atoms with E-state index in [2.05, 4.69) is 15.5 Å². The van der Waals surface area contributed by atoms with Crippen LogP contribution in [0.2, 0.25) is 0 Å². The first kappa shape index (κ1) is 32.5. The Bertz CT molecular complexity index is 2060. The number of aromatic hydroxyl groups is 2. The van der Waals surface area contributed by atoms with Gasteiger partial charge in [-0.2, -0.15) is 4.57 Å². The Labute approximate surface area is 282 Å². The lowest BCUT2D eigenvalue weighted by Gasteiger charge is -2.49. The molecule has 3 aromatic heterocycles. The standard InChI is InChI=1S/C30H24N6O9S3/c31-30-32-17(13-48-30)20(34-45-23(29(43)44)15-5-6-18(37)19(38)11-15)24(39)33-21-25(40)36-22(28(41)42)16(12-47-27(21)36)4-2-9-35-8-1-3-14-7-10-46-26(14)35/h1-8,10-11,13,21,23,27H,9,12H2,(H6-,31,32,33,34,37,38,39,41,42,43,44)/p+1/b4-2+/t21-,23?,27+/m1/s1. The summed E-state index contributed by atoms with van der Waals surface area (Å²) in [6, 6.07) is 8.02. The van der Waals surface area contributed by atoms with Crippen LogP contribution in [-0.2, 0) is 30.6 Å². The van der Waals surface area contributed by atoms with Crippen molar-refractivity contribution >= 4 is 79.2 Å². The van der Waals surface area contributed by atoms with E-state index in [0.29, 0.717) is 12.1 Å². The van der Waals surface area contributed by atoms with Crippen LogP contribution in [0.5, 0.6) is 11.5 Å². The zero-order chi connectivity index (χ0) is 34.1. The van der Waals surface area contributed by atoms with Crippen LogP contribution in [0.25, 0.3) is 10.2 Å². The van der Waals surface area contributed by atoms with Gasteiger partial charge in [0.15, 0.2) is 35.1 Å². The molecule has 2 aliphatic heterocycles. The molecule has 0 saturated carbocycles. The van der Waals surface area contributed by atoms with E-state index in [1.54, 1.807) is 17.4 Å². The van der Waals surface area contributed by atoms with Crippen LogP contribution in [0.15, 0.2) is 81.9 Å². The molecule has 15 nitrogen and oxygen atoms in total. The van der Waals surface area contributed by atoms with Crippen molar-refractivity contribution in [2.45, 2.75) is 24.1 Å². The molecule has 0 bridgehead atoms. The number of nitrogens with zero attached hydrogens (tertiary/aromatic N) is 4. The van der Waals surface area contributed by atoms with Gasteiger partial charge < -0.3 is 36.3 Å². The molecular formula is C30H25N6O9S3+. The van der Waals surface area contributed by atoms with E-state index >= 15 is 0 Å². The van der Waals surface area contributed by atoms with Crippen LogP contribution in [0.3, 0.4) is 0 Å². The number of anilines is 1. The highest BCUT2D eigenvalue weighted by Crippen LogP contribution is 2.41. The van der Waals surface area contributed by atoms with Crippen molar-refractivity contribution in [2.24, 2.45) is 5.16 Å². The molecule has 7 N–H and O–H groups in total. The average Bonchev–Trinajstić information content (AvgIpc) is 3.72. The Morgan fingerprint density at radius 2 is 2.00 bits per heavy atom. The van der Waals surface area contributed by atoms with E-state index in [1.165, 1.54) is 23.2 Å². The molecule has 48 heavy (non-hydrogen) atoms. The summed E-state index contributed by atoms with van der Waals surface area (Å²) in [5.41, 5.74) is 5.33. The maximum absolute atomic E-state index is 13.5. The second kappa shape index (κ2) is 13.3. The molecule has 1 unspecified atom stereocenters. The maximum atomic E-state index is 13.5. The lowest BCUT2D eigenvalue weighted by Crippen LogP contribution is -2.71. The number of pyridine rings is 1. The van der Waals surface area contributed by atoms with Crippen LogP contribution in [-0.4, -0.2) is 76.9 Å². The fourth-order valence-electron chi connectivity index (χ4n) is 5.08. The monoisotopic (exact) mass is 709 g/mol. The molecule has 18 heteroatoms. The molecule has 6 rings (SSSR count). The Kier molecular flexibility index (Phi) is 9.03. The summed E-state index contributed by atoms with van der Waals surface area (Å²) in [7, 11) is 0. The number of aliphatic carboxylic acids is 2. The number of carboxylic acid groups (broad SMARTS) is 2. The molecule has 1 saturated heterocycles. The van der Waals surface area contributed by atoms with E-state index in [4.69, 9.17) is 10.6 Å². The van der Waals surface area contributed by atoms with Crippen LogP contribution < -0.4 is 15.6 Å². The SMILES string of the molecule is Nc1nc(/C(=N/OC(C(=O)O)c2ccc(O)c(O)c2)C(=O)N[C@@H]2C(=O)N3C(C(=O)O)=C(/C=C/C[n+]4cccc5ccsc54)CS[C@@H]23)cs1. The minimum Gasteiger partial charge on any atom is -0.504 e. The molecule has 0 radical (unpaired) electrons. The number of carbonyl (C=O) groups excluding carboxylic acids is 2. The number of nitrogens with two attached hydrogens (primary N) is 1. The van der Waals surface area contributed by atoms with E-state index < -0.39 is 58.5 Å². The van der Waals surface area contributed by atoms with Crippen molar-refractivity contribution in [1.29, 1.82) is 0 Å². The van der Waals surface area contributed by atoms with Gasteiger partial charge in [0.1, 0.15) is 22.8 Å². The summed E-state index contributed by atoms with van der Waals surface area (Å²) in [4.78, 5) is 62.5. The Morgan fingerprint density at radius 3 is 2.71 bits per heavy atom. The average molecular weight is 710 g/mol. The number of carbonyl (C=O) groups is 4. The third-order valence-electron chi connectivity index (χ3n) is 7.34. The first-order chi connectivity index (χ1) is 23.0. The number of thioether (sulfide) groups is 1. The van der Waals surface area contributed by atoms with Crippen molar-refractivity contribution in [3.05, 3.63) is 88.0 Å².